The Bertz CT molecular complexity index is 786. The zero-order chi connectivity index (χ0) is 15.4. The van der Waals surface area contributed by atoms with Crippen LogP contribution in [0.2, 0.25) is 0 Å². The number of amides is 1. The highest BCUT2D eigenvalue weighted by Gasteiger charge is 2.11. The highest BCUT2D eigenvalue weighted by molar-refractivity contribution is 9.10. The van der Waals surface area contributed by atoms with E-state index in [0.717, 1.165) is 15.8 Å². The molecule has 0 aliphatic rings. The monoisotopic (exact) mass is 372 g/mol. The summed E-state index contributed by atoms with van der Waals surface area (Å²) in [5.41, 5.74) is 1.83. The molecule has 5 heteroatoms. The molecule has 3 aromatic rings. The quantitative estimate of drug-likeness (QED) is 0.717. The van der Waals surface area contributed by atoms with Gasteiger partial charge in [-0.3, -0.25) is 10.1 Å². The fourth-order valence-corrected chi connectivity index (χ4v) is 3.36. The number of thiazole rings is 1. The molecule has 22 heavy (non-hydrogen) atoms. The summed E-state index contributed by atoms with van der Waals surface area (Å²) in [4.78, 5) is 17.6. The molecule has 0 bridgehead atoms. The molecule has 3 nitrogen and oxygen atoms in total. The summed E-state index contributed by atoms with van der Waals surface area (Å²) in [6.45, 7) is 0. The molecule has 1 amide bonds. The fraction of sp³-hybridized carbons (Fsp3) is 0.0588. The third-order valence-electron chi connectivity index (χ3n) is 3.11. The lowest BCUT2D eigenvalue weighted by Gasteiger charge is -2.03. The number of nitrogens with zero attached hydrogens (tertiary/aromatic N) is 1. The van der Waals surface area contributed by atoms with Crippen LogP contribution in [0.4, 0.5) is 5.13 Å². The van der Waals surface area contributed by atoms with Crippen LogP contribution >= 0.6 is 27.3 Å². The van der Waals surface area contributed by atoms with E-state index in [0.29, 0.717) is 10.7 Å². The third-order valence-corrected chi connectivity index (χ3v) is 4.72. The second-order valence-electron chi connectivity index (χ2n) is 4.73. The fourth-order valence-electron chi connectivity index (χ4n) is 2.05. The van der Waals surface area contributed by atoms with Crippen molar-refractivity contribution in [3.05, 3.63) is 81.3 Å². The van der Waals surface area contributed by atoms with Crippen molar-refractivity contribution in [2.75, 3.05) is 5.32 Å². The van der Waals surface area contributed by atoms with Gasteiger partial charge in [0.2, 0.25) is 0 Å². The van der Waals surface area contributed by atoms with Crippen LogP contribution in [0.15, 0.2) is 65.3 Å². The van der Waals surface area contributed by atoms with Gasteiger partial charge in [0.25, 0.3) is 5.91 Å². The van der Waals surface area contributed by atoms with Crippen LogP contribution < -0.4 is 5.32 Å². The summed E-state index contributed by atoms with van der Waals surface area (Å²) in [5, 5.41) is 3.46. The van der Waals surface area contributed by atoms with Gasteiger partial charge >= 0.3 is 0 Å². The van der Waals surface area contributed by atoms with Crippen LogP contribution in [0.5, 0.6) is 0 Å². The minimum absolute atomic E-state index is 0.159. The first-order valence-corrected chi connectivity index (χ1v) is 8.38. The maximum absolute atomic E-state index is 12.2. The number of aromatic nitrogens is 1. The summed E-state index contributed by atoms with van der Waals surface area (Å²) in [6, 6.07) is 17.5. The van der Waals surface area contributed by atoms with Crippen LogP contribution in [0, 0.1) is 0 Å². The lowest BCUT2D eigenvalue weighted by Crippen LogP contribution is -2.12. The summed E-state index contributed by atoms with van der Waals surface area (Å²) >= 11 is 4.88. The standard InChI is InChI=1S/C17H13BrN2OS/c18-15-9-5-4-8-14(15)16(21)20-17-19-11-13(22-17)10-12-6-2-1-3-7-12/h1-9,11H,10H2,(H,19,20,21). The Balaban J connectivity index is 1.69. The first-order valence-electron chi connectivity index (χ1n) is 6.77. The molecule has 1 heterocycles. The summed E-state index contributed by atoms with van der Waals surface area (Å²) in [7, 11) is 0. The maximum Gasteiger partial charge on any atom is 0.258 e. The number of carbonyl (C=O) groups is 1. The zero-order valence-corrected chi connectivity index (χ0v) is 14.0. The Labute approximate surface area is 141 Å². The first-order chi connectivity index (χ1) is 10.7. The predicted molar refractivity (Wildman–Crippen MR) is 93.5 cm³/mol. The molecule has 110 valence electrons. The van der Waals surface area contributed by atoms with Crippen molar-refractivity contribution in [2.45, 2.75) is 6.42 Å². The highest BCUT2D eigenvalue weighted by atomic mass is 79.9. The Morgan fingerprint density at radius 3 is 2.59 bits per heavy atom. The van der Waals surface area contributed by atoms with Crippen LogP contribution in [0.25, 0.3) is 0 Å². The normalized spacial score (nSPS) is 10.4. The van der Waals surface area contributed by atoms with E-state index in [4.69, 9.17) is 0 Å². The van der Waals surface area contributed by atoms with Gasteiger partial charge in [-0.05, 0) is 33.6 Å². The molecule has 0 aliphatic carbocycles. The zero-order valence-electron chi connectivity index (χ0n) is 11.6. The predicted octanol–water partition coefficient (Wildman–Crippen LogP) is 4.75. The molecule has 0 saturated heterocycles. The van der Waals surface area contributed by atoms with Crippen LogP contribution in [-0.4, -0.2) is 10.9 Å². The molecule has 0 aliphatic heterocycles. The summed E-state index contributed by atoms with van der Waals surface area (Å²) in [6.07, 6.45) is 2.64. The van der Waals surface area contributed by atoms with E-state index in [1.54, 1.807) is 6.07 Å². The number of hydrogen-bond donors (Lipinski definition) is 1. The minimum Gasteiger partial charge on any atom is -0.298 e. The van der Waals surface area contributed by atoms with Crippen molar-refractivity contribution in [3.63, 3.8) is 0 Å². The molecule has 1 aromatic heterocycles. The van der Waals surface area contributed by atoms with E-state index in [2.05, 4.69) is 38.4 Å². The number of hydrogen-bond acceptors (Lipinski definition) is 3. The number of rotatable bonds is 4. The van der Waals surface area contributed by atoms with Gasteiger partial charge < -0.3 is 0 Å². The van der Waals surface area contributed by atoms with Gasteiger partial charge in [-0.15, -0.1) is 11.3 Å². The van der Waals surface area contributed by atoms with Gasteiger partial charge in [0.1, 0.15) is 0 Å². The van der Waals surface area contributed by atoms with E-state index in [1.165, 1.54) is 16.9 Å². The van der Waals surface area contributed by atoms with Gasteiger partial charge in [-0.1, -0.05) is 42.5 Å². The molecule has 3 rings (SSSR count). The molecular formula is C17H13BrN2OS. The van der Waals surface area contributed by atoms with E-state index >= 15 is 0 Å². The van der Waals surface area contributed by atoms with Gasteiger partial charge in [0, 0.05) is 22.0 Å². The lowest BCUT2D eigenvalue weighted by molar-refractivity contribution is 0.102. The Hall–Kier alpha value is -1.98. The van der Waals surface area contributed by atoms with Crippen molar-refractivity contribution in [2.24, 2.45) is 0 Å². The van der Waals surface area contributed by atoms with Gasteiger partial charge in [-0.25, -0.2) is 4.98 Å². The molecule has 0 unspecified atom stereocenters. The molecule has 0 atom stereocenters. The lowest BCUT2D eigenvalue weighted by atomic mass is 10.1. The van der Waals surface area contributed by atoms with Crippen LogP contribution in [0.1, 0.15) is 20.8 Å². The van der Waals surface area contributed by atoms with Gasteiger partial charge in [-0.2, -0.15) is 0 Å². The van der Waals surface area contributed by atoms with Crippen LogP contribution in [-0.2, 0) is 6.42 Å². The molecule has 2 aromatic carbocycles. The van der Waals surface area contributed by atoms with Crippen molar-refractivity contribution >= 4 is 38.3 Å². The van der Waals surface area contributed by atoms with Crippen molar-refractivity contribution in [3.8, 4) is 0 Å². The first kappa shape index (κ1) is 14.9. The molecular weight excluding hydrogens is 360 g/mol. The Morgan fingerprint density at radius 1 is 1.09 bits per heavy atom. The van der Waals surface area contributed by atoms with Crippen molar-refractivity contribution in [1.29, 1.82) is 0 Å². The second-order valence-corrected chi connectivity index (χ2v) is 6.70. The second kappa shape index (κ2) is 6.85. The van der Waals surface area contributed by atoms with E-state index < -0.39 is 0 Å². The largest absolute Gasteiger partial charge is 0.298 e. The SMILES string of the molecule is O=C(Nc1ncc(Cc2ccccc2)s1)c1ccccc1Br. The number of nitrogens with one attached hydrogen (secondary N) is 1. The summed E-state index contributed by atoms with van der Waals surface area (Å²) in [5.74, 6) is -0.159. The molecule has 0 spiro atoms. The number of benzene rings is 2. The van der Waals surface area contributed by atoms with Gasteiger partial charge in [0.05, 0.1) is 5.56 Å². The number of carbonyl (C=O) groups excluding carboxylic acids is 1. The molecule has 0 saturated carbocycles. The topological polar surface area (TPSA) is 42.0 Å². The Morgan fingerprint density at radius 2 is 1.82 bits per heavy atom. The third kappa shape index (κ3) is 3.61. The molecule has 0 fully saturated rings. The smallest absolute Gasteiger partial charge is 0.258 e. The number of halogens is 1. The van der Waals surface area contributed by atoms with Gasteiger partial charge in [0.15, 0.2) is 5.13 Å². The average molecular weight is 373 g/mol. The minimum atomic E-state index is -0.159. The molecule has 0 radical (unpaired) electrons. The molecule has 1 N–H and O–H groups in total. The Kier molecular flexibility index (Phi) is 4.65. The van der Waals surface area contributed by atoms with E-state index in [-0.39, 0.29) is 5.91 Å². The van der Waals surface area contributed by atoms with Crippen molar-refractivity contribution in [1.82, 2.24) is 4.98 Å². The van der Waals surface area contributed by atoms with E-state index in [9.17, 15) is 4.79 Å². The van der Waals surface area contributed by atoms with Crippen LogP contribution in [0.3, 0.4) is 0 Å². The number of anilines is 1. The van der Waals surface area contributed by atoms with Crippen molar-refractivity contribution < 1.29 is 4.79 Å². The average Bonchev–Trinajstić information content (AvgIpc) is 2.95. The van der Waals surface area contributed by atoms with E-state index in [1.807, 2.05) is 42.6 Å². The summed E-state index contributed by atoms with van der Waals surface area (Å²) < 4.78 is 0.772. The highest BCUT2D eigenvalue weighted by Crippen LogP contribution is 2.23. The maximum atomic E-state index is 12.2.